The summed E-state index contributed by atoms with van der Waals surface area (Å²) in [5.41, 5.74) is 0.398. The third-order valence-corrected chi connectivity index (χ3v) is 2.53. The third-order valence-electron chi connectivity index (χ3n) is 2.53. The molecule has 0 atom stereocenters. The maximum atomic E-state index is 12.9. The van der Waals surface area contributed by atoms with Crippen molar-refractivity contribution in [1.82, 2.24) is 0 Å². The summed E-state index contributed by atoms with van der Waals surface area (Å²) < 4.78 is 46.2. The second-order valence-corrected chi connectivity index (χ2v) is 4.20. The summed E-state index contributed by atoms with van der Waals surface area (Å²) in [5.74, 6) is -0.709. The first-order chi connectivity index (χ1) is 10.5. The minimum absolute atomic E-state index is 0.0102. The molecule has 1 N–H and O–H groups in total. The Hall–Kier alpha value is -2.70. The van der Waals surface area contributed by atoms with Gasteiger partial charge in [-0.3, -0.25) is 4.79 Å². The number of amides is 1. The van der Waals surface area contributed by atoms with Gasteiger partial charge in [0, 0.05) is 11.8 Å². The molecule has 0 fully saturated rings. The maximum absolute atomic E-state index is 12.9. The molecule has 0 aromatic heterocycles. The average Bonchev–Trinajstić information content (AvgIpc) is 2.47. The van der Waals surface area contributed by atoms with E-state index in [9.17, 15) is 18.0 Å². The summed E-state index contributed by atoms with van der Waals surface area (Å²) in [6, 6.07) is 10.8. The SMILES string of the molecule is O=C(COc1cccc(F)c1)Nc1ccc(OC(F)F)cc1. The Kier molecular flexibility index (Phi) is 5.24. The lowest BCUT2D eigenvalue weighted by atomic mass is 10.3. The van der Waals surface area contributed by atoms with E-state index in [0.717, 1.165) is 6.07 Å². The normalized spacial score (nSPS) is 10.4. The number of benzene rings is 2. The number of rotatable bonds is 6. The Morgan fingerprint density at radius 1 is 1.09 bits per heavy atom. The summed E-state index contributed by atoms with van der Waals surface area (Å²) in [5, 5.41) is 2.51. The van der Waals surface area contributed by atoms with E-state index in [0.29, 0.717) is 5.69 Å². The lowest BCUT2D eigenvalue weighted by Gasteiger charge is -2.08. The molecule has 0 unspecified atom stereocenters. The summed E-state index contributed by atoms with van der Waals surface area (Å²) in [7, 11) is 0. The zero-order chi connectivity index (χ0) is 15.9. The first-order valence-corrected chi connectivity index (χ1v) is 6.26. The van der Waals surface area contributed by atoms with E-state index in [1.165, 1.54) is 42.5 Å². The molecule has 0 aliphatic heterocycles. The first-order valence-electron chi connectivity index (χ1n) is 6.26. The highest BCUT2D eigenvalue weighted by atomic mass is 19.3. The second kappa shape index (κ2) is 7.35. The minimum Gasteiger partial charge on any atom is -0.484 e. The van der Waals surface area contributed by atoms with Crippen molar-refractivity contribution >= 4 is 11.6 Å². The quantitative estimate of drug-likeness (QED) is 0.889. The van der Waals surface area contributed by atoms with Crippen LogP contribution < -0.4 is 14.8 Å². The van der Waals surface area contributed by atoms with Gasteiger partial charge in [-0.2, -0.15) is 8.78 Å². The van der Waals surface area contributed by atoms with Gasteiger partial charge in [-0.05, 0) is 36.4 Å². The molecular weight excluding hydrogens is 299 g/mol. The van der Waals surface area contributed by atoms with Gasteiger partial charge < -0.3 is 14.8 Å². The lowest BCUT2D eigenvalue weighted by Crippen LogP contribution is -2.20. The van der Waals surface area contributed by atoms with Gasteiger partial charge in [0.2, 0.25) is 0 Å². The van der Waals surface area contributed by atoms with Crippen molar-refractivity contribution in [2.75, 3.05) is 11.9 Å². The summed E-state index contributed by atoms with van der Waals surface area (Å²) in [6.07, 6.45) is 0. The molecule has 2 aromatic rings. The highest BCUT2D eigenvalue weighted by Gasteiger charge is 2.06. The molecule has 0 bridgehead atoms. The van der Waals surface area contributed by atoms with Crippen LogP contribution in [0.4, 0.5) is 18.9 Å². The highest BCUT2D eigenvalue weighted by molar-refractivity contribution is 5.91. The minimum atomic E-state index is -2.90. The molecule has 0 aliphatic carbocycles. The van der Waals surface area contributed by atoms with Gasteiger partial charge in [0.15, 0.2) is 6.61 Å². The fourth-order valence-electron chi connectivity index (χ4n) is 1.62. The molecule has 1 amide bonds. The first kappa shape index (κ1) is 15.7. The van der Waals surface area contributed by atoms with Gasteiger partial charge in [0.05, 0.1) is 0 Å². The van der Waals surface area contributed by atoms with Crippen LogP contribution in [0.1, 0.15) is 0 Å². The van der Waals surface area contributed by atoms with Crippen molar-refractivity contribution in [1.29, 1.82) is 0 Å². The zero-order valence-corrected chi connectivity index (χ0v) is 11.3. The van der Waals surface area contributed by atoms with Gasteiger partial charge in [0.1, 0.15) is 17.3 Å². The van der Waals surface area contributed by atoms with Gasteiger partial charge in [0.25, 0.3) is 5.91 Å². The van der Waals surface area contributed by atoms with E-state index in [1.807, 2.05) is 0 Å². The predicted octanol–water partition coefficient (Wildman–Crippen LogP) is 3.44. The van der Waals surface area contributed by atoms with Crippen molar-refractivity contribution < 1.29 is 27.4 Å². The average molecular weight is 311 g/mol. The van der Waals surface area contributed by atoms with E-state index >= 15 is 0 Å². The number of carbonyl (C=O) groups is 1. The standard InChI is InChI=1S/C15H12F3NO3/c16-10-2-1-3-13(8-10)21-9-14(20)19-11-4-6-12(7-5-11)22-15(17)18/h1-8,15H,9H2,(H,19,20). The monoisotopic (exact) mass is 311 g/mol. The van der Waals surface area contributed by atoms with E-state index in [4.69, 9.17) is 4.74 Å². The zero-order valence-electron chi connectivity index (χ0n) is 11.3. The van der Waals surface area contributed by atoms with Crippen LogP contribution in [0, 0.1) is 5.82 Å². The maximum Gasteiger partial charge on any atom is 0.387 e. The molecule has 0 aliphatic rings. The molecule has 0 saturated carbocycles. The van der Waals surface area contributed by atoms with Crippen LogP contribution in [-0.4, -0.2) is 19.1 Å². The van der Waals surface area contributed by atoms with Crippen LogP contribution in [0.2, 0.25) is 0 Å². The van der Waals surface area contributed by atoms with E-state index in [-0.39, 0.29) is 18.1 Å². The van der Waals surface area contributed by atoms with Crippen molar-refractivity contribution in [3.63, 3.8) is 0 Å². The largest absolute Gasteiger partial charge is 0.484 e. The number of ether oxygens (including phenoxy) is 2. The van der Waals surface area contributed by atoms with Crippen LogP contribution in [0.25, 0.3) is 0 Å². The number of alkyl halides is 2. The molecule has 0 saturated heterocycles. The fraction of sp³-hybridized carbons (Fsp3) is 0.133. The molecule has 0 heterocycles. The predicted molar refractivity (Wildman–Crippen MR) is 73.6 cm³/mol. The molecule has 7 heteroatoms. The van der Waals surface area contributed by atoms with Crippen LogP contribution in [0.3, 0.4) is 0 Å². The van der Waals surface area contributed by atoms with Crippen molar-refractivity contribution in [2.45, 2.75) is 6.61 Å². The van der Waals surface area contributed by atoms with Crippen LogP contribution in [-0.2, 0) is 4.79 Å². The number of hydrogen-bond acceptors (Lipinski definition) is 3. The summed E-state index contributed by atoms with van der Waals surface area (Å²) in [4.78, 5) is 11.7. The van der Waals surface area contributed by atoms with E-state index in [1.54, 1.807) is 0 Å². The Labute approximate surface area is 124 Å². The third kappa shape index (κ3) is 5.01. The lowest BCUT2D eigenvalue weighted by molar-refractivity contribution is -0.118. The van der Waals surface area contributed by atoms with Gasteiger partial charge in [-0.25, -0.2) is 4.39 Å². The Balaban J connectivity index is 1.84. The van der Waals surface area contributed by atoms with Crippen LogP contribution >= 0.6 is 0 Å². The Morgan fingerprint density at radius 3 is 2.45 bits per heavy atom. The van der Waals surface area contributed by atoms with Gasteiger partial charge >= 0.3 is 6.61 Å². The van der Waals surface area contributed by atoms with E-state index in [2.05, 4.69) is 10.1 Å². The Bertz CT molecular complexity index is 632. The molecule has 0 radical (unpaired) electrons. The number of carbonyl (C=O) groups excluding carboxylic acids is 1. The van der Waals surface area contributed by atoms with Crippen LogP contribution in [0.15, 0.2) is 48.5 Å². The molecule has 4 nitrogen and oxygen atoms in total. The fourth-order valence-corrected chi connectivity index (χ4v) is 1.62. The molecule has 2 rings (SSSR count). The van der Waals surface area contributed by atoms with Gasteiger partial charge in [-0.15, -0.1) is 0 Å². The molecule has 0 spiro atoms. The topological polar surface area (TPSA) is 47.6 Å². The number of anilines is 1. The number of nitrogens with one attached hydrogen (secondary N) is 1. The number of halogens is 3. The van der Waals surface area contributed by atoms with E-state index < -0.39 is 18.3 Å². The van der Waals surface area contributed by atoms with Crippen molar-refractivity contribution in [3.05, 3.63) is 54.3 Å². The molecule has 2 aromatic carbocycles. The summed E-state index contributed by atoms with van der Waals surface area (Å²) in [6.45, 7) is -3.21. The second-order valence-electron chi connectivity index (χ2n) is 4.20. The van der Waals surface area contributed by atoms with Crippen molar-refractivity contribution in [2.24, 2.45) is 0 Å². The van der Waals surface area contributed by atoms with Crippen molar-refractivity contribution in [3.8, 4) is 11.5 Å². The number of hydrogen-bond donors (Lipinski definition) is 1. The molecule has 116 valence electrons. The smallest absolute Gasteiger partial charge is 0.387 e. The molecular formula is C15H12F3NO3. The van der Waals surface area contributed by atoms with Gasteiger partial charge in [-0.1, -0.05) is 6.07 Å². The van der Waals surface area contributed by atoms with Crippen LogP contribution in [0.5, 0.6) is 11.5 Å². The highest BCUT2D eigenvalue weighted by Crippen LogP contribution is 2.18. The molecule has 22 heavy (non-hydrogen) atoms. The summed E-state index contributed by atoms with van der Waals surface area (Å²) >= 11 is 0. The Morgan fingerprint density at radius 2 is 1.82 bits per heavy atom.